The average molecular weight is 353 g/mol. The first-order valence-electron chi connectivity index (χ1n) is 6.79. The highest BCUT2D eigenvalue weighted by molar-refractivity contribution is 9.10. The molecule has 0 amide bonds. The predicted molar refractivity (Wildman–Crippen MR) is 84.6 cm³/mol. The van der Waals surface area contributed by atoms with Gasteiger partial charge in [-0.05, 0) is 42.5 Å². The van der Waals surface area contributed by atoms with Gasteiger partial charge in [0.25, 0.3) is 0 Å². The molecule has 0 saturated carbocycles. The lowest BCUT2D eigenvalue weighted by atomic mass is 10.1. The monoisotopic (exact) mass is 351 g/mol. The van der Waals surface area contributed by atoms with Gasteiger partial charge in [0, 0.05) is 40.4 Å². The second-order valence-corrected chi connectivity index (χ2v) is 6.56. The molecule has 0 radical (unpaired) electrons. The van der Waals surface area contributed by atoms with E-state index in [0.717, 1.165) is 39.9 Å². The van der Waals surface area contributed by atoms with Crippen molar-refractivity contribution in [3.05, 3.63) is 56.8 Å². The van der Waals surface area contributed by atoms with Gasteiger partial charge in [0.05, 0.1) is 0 Å². The topological polar surface area (TPSA) is 22.0 Å². The van der Waals surface area contributed by atoms with Crippen molar-refractivity contribution in [1.29, 1.82) is 0 Å². The average Bonchev–Trinajstić information content (AvgIpc) is 2.73. The Morgan fingerprint density at radius 2 is 2.00 bits per heavy atom. The van der Waals surface area contributed by atoms with Crippen LogP contribution in [0.4, 0.5) is 0 Å². The maximum absolute atomic E-state index is 12.0. The number of nitrogens with zero attached hydrogens (tertiary/aromatic N) is 1. The van der Waals surface area contributed by atoms with E-state index in [1.54, 1.807) is 0 Å². The maximum atomic E-state index is 12.0. The van der Waals surface area contributed by atoms with Crippen LogP contribution in [0.5, 0.6) is 0 Å². The minimum atomic E-state index is 0.276. The Kier molecular flexibility index (Phi) is 3.99. The molecule has 2 nitrogen and oxygen atoms in total. The molecule has 104 valence electrons. The Labute approximate surface area is 131 Å². The molecule has 1 heterocycles. The van der Waals surface area contributed by atoms with Gasteiger partial charge in [0.2, 0.25) is 0 Å². The Balaban J connectivity index is 1.88. The molecule has 0 aliphatic heterocycles. The van der Waals surface area contributed by atoms with Crippen molar-refractivity contribution in [2.45, 2.75) is 32.2 Å². The summed E-state index contributed by atoms with van der Waals surface area (Å²) in [4.78, 5) is 12.0. The number of Topliss-reactive ketones (excluding diaryl/α,β-unsaturated/α-hetero) is 1. The minimum absolute atomic E-state index is 0.276. The first-order valence-corrected chi connectivity index (χ1v) is 7.96. The number of hydrogen-bond donors (Lipinski definition) is 0. The van der Waals surface area contributed by atoms with Crippen molar-refractivity contribution in [1.82, 2.24) is 4.57 Å². The molecule has 0 N–H and O–H groups in total. The molecule has 20 heavy (non-hydrogen) atoms. The van der Waals surface area contributed by atoms with Crippen molar-refractivity contribution in [3.63, 3.8) is 0 Å². The number of hydrogen-bond acceptors (Lipinski definition) is 1. The van der Waals surface area contributed by atoms with Crippen molar-refractivity contribution < 1.29 is 4.79 Å². The molecule has 0 bridgehead atoms. The first kappa shape index (κ1) is 13.9. The second kappa shape index (κ2) is 5.74. The molecule has 0 fully saturated rings. The third-order valence-electron chi connectivity index (χ3n) is 3.73. The molecule has 0 unspecified atom stereocenters. The molecule has 2 aromatic rings. The van der Waals surface area contributed by atoms with Gasteiger partial charge in [-0.2, -0.15) is 0 Å². The Morgan fingerprint density at radius 3 is 2.80 bits per heavy atom. The molecule has 1 aromatic carbocycles. The fourth-order valence-corrected chi connectivity index (χ4v) is 3.41. The van der Waals surface area contributed by atoms with Crippen LogP contribution in [0.2, 0.25) is 5.02 Å². The molecular weight excluding hydrogens is 338 g/mol. The van der Waals surface area contributed by atoms with Gasteiger partial charge < -0.3 is 4.57 Å². The fraction of sp³-hybridized carbons (Fsp3) is 0.312. The Morgan fingerprint density at radius 1 is 1.20 bits per heavy atom. The van der Waals surface area contributed by atoms with Crippen molar-refractivity contribution >= 4 is 33.3 Å². The third-order valence-corrected chi connectivity index (χ3v) is 4.58. The number of rotatable bonds is 2. The van der Waals surface area contributed by atoms with Crippen LogP contribution in [-0.2, 0) is 13.0 Å². The molecule has 1 aliphatic carbocycles. The summed E-state index contributed by atoms with van der Waals surface area (Å²) in [6, 6.07) is 5.90. The van der Waals surface area contributed by atoms with Gasteiger partial charge in [-0.15, -0.1) is 0 Å². The van der Waals surface area contributed by atoms with Gasteiger partial charge in [0.1, 0.15) is 0 Å². The van der Waals surface area contributed by atoms with E-state index in [1.807, 2.05) is 24.4 Å². The van der Waals surface area contributed by atoms with E-state index in [1.165, 1.54) is 5.56 Å². The number of halogens is 2. The Bertz CT molecular complexity index is 662. The first-order chi connectivity index (χ1) is 9.63. The summed E-state index contributed by atoms with van der Waals surface area (Å²) < 4.78 is 3.05. The zero-order valence-electron chi connectivity index (χ0n) is 11.0. The molecule has 1 aromatic heterocycles. The number of ketones is 1. The quantitative estimate of drug-likeness (QED) is 0.707. The number of carbonyl (C=O) groups excluding carboxylic acids is 1. The lowest BCUT2D eigenvalue weighted by Gasteiger charge is -2.06. The molecule has 0 atom stereocenters. The SMILES string of the molecule is O=C1CCCCc2cn(Cc3ccc(Br)cc3Cl)cc21. The minimum Gasteiger partial charge on any atom is -0.349 e. The van der Waals surface area contributed by atoms with Gasteiger partial charge >= 0.3 is 0 Å². The predicted octanol–water partition coefficient (Wildman–Crippen LogP) is 4.86. The van der Waals surface area contributed by atoms with E-state index < -0.39 is 0 Å². The van der Waals surface area contributed by atoms with Gasteiger partial charge in [-0.1, -0.05) is 33.6 Å². The van der Waals surface area contributed by atoms with Gasteiger partial charge in [0.15, 0.2) is 5.78 Å². The lowest BCUT2D eigenvalue weighted by Crippen LogP contribution is -1.99. The zero-order valence-corrected chi connectivity index (χ0v) is 13.4. The lowest BCUT2D eigenvalue weighted by molar-refractivity contribution is 0.0982. The zero-order chi connectivity index (χ0) is 14.1. The number of fused-ring (bicyclic) bond motifs is 1. The van der Waals surface area contributed by atoms with E-state index in [2.05, 4.69) is 26.7 Å². The summed E-state index contributed by atoms with van der Waals surface area (Å²) in [5.74, 6) is 0.276. The van der Waals surface area contributed by atoms with E-state index in [4.69, 9.17) is 11.6 Å². The number of aryl methyl sites for hydroxylation is 1. The smallest absolute Gasteiger partial charge is 0.164 e. The summed E-state index contributed by atoms with van der Waals surface area (Å²) in [7, 11) is 0. The van der Waals surface area contributed by atoms with Crippen LogP contribution in [-0.4, -0.2) is 10.4 Å². The summed E-state index contributed by atoms with van der Waals surface area (Å²) in [6.45, 7) is 0.701. The van der Waals surface area contributed by atoms with Crippen LogP contribution in [0.3, 0.4) is 0 Å². The van der Waals surface area contributed by atoms with Crippen molar-refractivity contribution in [3.8, 4) is 0 Å². The molecule has 0 saturated heterocycles. The fourth-order valence-electron chi connectivity index (χ4n) is 2.68. The van der Waals surface area contributed by atoms with Crippen molar-refractivity contribution in [2.24, 2.45) is 0 Å². The van der Waals surface area contributed by atoms with Crippen LogP contribution in [0.1, 0.15) is 40.7 Å². The van der Waals surface area contributed by atoms with E-state index in [9.17, 15) is 4.79 Å². The second-order valence-electron chi connectivity index (χ2n) is 5.24. The highest BCUT2D eigenvalue weighted by atomic mass is 79.9. The number of carbonyl (C=O) groups is 1. The van der Waals surface area contributed by atoms with E-state index >= 15 is 0 Å². The molecular formula is C16H15BrClNO. The third kappa shape index (κ3) is 2.84. The number of aromatic nitrogens is 1. The van der Waals surface area contributed by atoms with Crippen LogP contribution in [0.25, 0.3) is 0 Å². The maximum Gasteiger partial charge on any atom is 0.164 e. The molecule has 4 heteroatoms. The highest BCUT2D eigenvalue weighted by Gasteiger charge is 2.17. The standard InChI is InChI=1S/C16H15BrClNO/c17-13-6-5-12(15(18)7-13)9-19-8-11-3-1-2-4-16(20)14(11)10-19/h5-8,10H,1-4,9H2. The number of benzene rings is 1. The van der Waals surface area contributed by atoms with E-state index in [-0.39, 0.29) is 5.78 Å². The van der Waals surface area contributed by atoms with Crippen LogP contribution in [0.15, 0.2) is 35.1 Å². The Hall–Kier alpha value is -1.06. The van der Waals surface area contributed by atoms with Gasteiger partial charge in [-0.3, -0.25) is 4.79 Å². The summed E-state index contributed by atoms with van der Waals surface area (Å²) in [5, 5.41) is 0.745. The van der Waals surface area contributed by atoms with Crippen LogP contribution >= 0.6 is 27.5 Å². The van der Waals surface area contributed by atoms with Crippen LogP contribution < -0.4 is 0 Å². The largest absolute Gasteiger partial charge is 0.349 e. The normalized spacial score (nSPS) is 15.0. The highest BCUT2D eigenvalue weighted by Crippen LogP contribution is 2.25. The molecule has 1 aliphatic rings. The van der Waals surface area contributed by atoms with Crippen LogP contribution in [0, 0.1) is 0 Å². The summed E-state index contributed by atoms with van der Waals surface area (Å²) in [6.07, 6.45) is 7.85. The van der Waals surface area contributed by atoms with Gasteiger partial charge in [-0.25, -0.2) is 0 Å². The summed E-state index contributed by atoms with van der Waals surface area (Å²) >= 11 is 9.66. The summed E-state index contributed by atoms with van der Waals surface area (Å²) in [5.41, 5.74) is 3.14. The van der Waals surface area contributed by atoms with E-state index in [0.29, 0.717) is 13.0 Å². The molecule has 0 spiro atoms. The van der Waals surface area contributed by atoms with Crippen molar-refractivity contribution in [2.75, 3.05) is 0 Å². The molecule has 3 rings (SSSR count).